The summed E-state index contributed by atoms with van der Waals surface area (Å²) in [5.74, 6) is 0.272. The summed E-state index contributed by atoms with van der Waals surface area (Å²) in [6.45, 7) is 5.92. The number of rotatable bonds is 4. The molecule has 25 heavy (non-hydrogen) atoms. The Morgan fingerprint density at radius 1 is 0.920 bits per heavy atom. The Morgan fingerprint density at radius 2 is 1.52 bits per heavy atom. The van der Waals surface area contributed by atoms with E-state index in [1.54, 1.807) is 0 Å². The molecule has 0 amide bonds. The second-order valence-corrected chi connectivity index (χ2v) is 8.01. The van der Waals surface area contributed by atoms with Gasteiger partial charge in [-0.1, -0.05) is 86.7 Å². The lowest BCUT2D eigenvalue weighted by atomic mass is 9.95. The van der Waals surface area contributed by atoms with Gasteiger partial charge < -0.3 is 9.47 Å². The highest BCUT2D eigenvalue weighted by atomic mass is 16.7. The Kier molecular flexibility index (Phi) is 4.26. The molecule has 1 heterocycles. The Bertz CT molecular complexity index is 723. The maximum Gasteiger partial charge on any atom is 0.179 e. The van der Waals surface area contributed by atoms with Crippen LogP contribution < -0.4 is 0 Å². The Labute approximate surface area is 150 Å². The molecule has 130 valence electrons. The second-order valence-electron chi connectivity index (χ2n) is 8.01. The molecule has 0 N–H and O–H groups in total. The van der Waals surface area contributed by atoms with Gasteiger partial charge in [0.25, 0.3) is 0 Å². The van der Waals surface area contributed by atoms with Gasteiger partial charge in [0.1, 0.15) is 0 Å². The maximum atomic E-state index is 6.32. The Balaban J connectivity index is 1.51. The smallest absolute Gasteiger partial charge is 0.179 e. The van der Waals surface area contributed by atoms with Gasteiger partial charge in [-0.3, -0.25) is 0 Å². The van der Waals surface area contributed by atoms with Crippen LogP contribution in [0.25, 0.3) is 6.08 Å². The standard InChI is InChI=1S/C23H26O2/c1-22(2)16-24-23(25-17-22)20(21(23)19-13-7-4-8-14-19)15-9-12-18-10-5-3-6-11-18/h3-14,20-21H,15-17H2,1-2H3/b12-9+/t20-,21+/m0/s1. The van der Waals surface area contributed by atoms with Crippen molar-refractivity contribution in [1.82, 2.24) is 0 Å². The summed E-state index contributed by atoms with van der Waals surface area (Å²) in [5.41, 5.74) is 2.65. The van der Waals surface area contributed by atoms with Crippen LogP contribution in [0.15, 0.2) is 66.7 Å². The second kappa shape index (κ2) is 6.44. The number of allylic oxidation sites excluding steroid dienone is 1. The fourth-order valence-electron chi connectivity index (χ4n) is 3.84. The van der Waals surface area contributed by atoms with Crippen molar-refractivity contribution in [3.05, 3.63) is 77.9 Å². The number of hydrogen-bond acceptors (Lipinski definition) is 2. The molecule has 1 spiro atoms. The van der Waals surface area contributed by atoms with Crippen LogP contribution in [0, 0.1) is 11.3 Å². The lowest BCUT2D eigenvalue weighted by Crippen LogP contribution is -2.41. The first kappa shape index (κ1) is 16.6. The molecule has 0 radical (unpaired) electrons. The highest BCUT2D eigenvalue weighted by Crippen LogP contribution is 2.64. The third kappa shape index (κ3) is 3.29. The first-order valence-electron chi connectivity index (χ1n) is 9.15. The van der Waals surface area contributed by atoms with Crippen molar-refractivity contribution in [3.63, 3.8) is 0 Å². The number of hydrogen-bond donors (Lipinski definition) is 0. The third-order valence-electron chi connectivity index (χ3n) is 5.28. The lowest BCUT2D eigenvalue weighted by Gasteiger charge is -2.36. The first-order chi connectivity index (χ1) is 12.1. The molecular formula is C23H26O2. The SMILES string of the molecule is CC1(C)COC2(OC1)[C@H](c1ccccc1)[C@@H]2C/C=C/c1ccccc1. The highest BCUT2D eigenvalue weighted by Gasteiger charge is 2.69. The van der Waals surface area contributed by atoms with Gasteiger partial charge in [-0.25, -0.2) is 0 Å². The normalized spacial score (nSPS) is 26.8. The molecule has 2 heteroatoms. The van der Waals surface area contributed by atoms with Crippen molar-refractivity contribution in [2.75, 3.05) is 13.2 Å². The molecule has 1 saturated carbocycles. The largest absolute Gasteiger partial charge is 0.348 e. The fraction of sp³-hybridized carbons (Fsp3) is 0.391. The van der Waals surface area contributed by atoms with Crippen LogP contribution in [-0.4, -0.2) is 19.0 Å². The van der Waals surface area contributed by atoms with Crippen molar-refractivity contribution >= 4 is 6.08 Å². The summed E-state index contributed by atoms with van der Waals surface area (Å²) in [4.78, 5) is 0. The zero-order valence-corrected chi connectivity index (χ0v) is 15.0. The van der Waals surface area contributed by atoms with Gasteiger partial charge in [-0.2, -0.15) is 0 Å². The minimum atomic E-state index is -0.433. The van der Waals surface area contributed by atoms with Crippen molar-refractivity contribution in [1.29, 1.82) is 0 Å². The van der Waals surface area contributed by atoms with E-state index >= 15 is 0 Å². The molecular weight excluding hydrogens is 308 g/mol. The van der Waals surface area contributed by atoms with Gasteiger partial charge in [-0.15, -0.1) is 0 Å². The van der Waals surface area contributed by atoms with Crippen molar-refractivity contribution in [2.24, 2.45) is 11.3 Å². The average molecular weight is 334 g/mol. The molecule has 1 saturated heterocycles. The average Bonchev–Trinajstić information content (AvgIpc) is 3.26. The van der Waals surface area contributed by atoms with Crippen LogP contribution in [0.4, 0.5) is 0 Å². The van der Waals surface area contributed by atoms with E-state index in [9.17, 15) is 0 Å². The zero-order chi connectivity index (χ0) is 17.3. The van der Waals surface area contributed by atoms with Crippen molar-refractivity contribution in [3.8, 4) is 0 Å². The monoisotopic (exact) mass is 334 g/mol. The van der Waals surface area contributed by atoms with E-state index in [2.05, 4.69) is 80.6 Å². The topological polar surface area (TPSA) is 18.5 Å². The van der Waals surface area contributed by atoms with Crippen molar-refractivity contribution in [2.45, 2.75) is 32.0 Å². The van der Waals surface area contributed by atoms with Crippen LogP contribution in [-0.2, 0) is 9.47 Å². The van der Waals surface area contributed by atoms with Gasteiger partial charge in [0, 0.05) is 17.3 Å². The van der Waals surface area contributed by atoms with E-state index in [0.29, 0.717) is 11.8 Å². The Morgan fingerprint density at radius 3 is 2.16 bits per heavy atom. The Hall–Kier alpha value is -1.90. The quantitative estimate of drug-likeness (QED) is 0.758. The molecule has 2 aliphatic rings. The molecule has 2 fully saturated rings. The maximum absolute atomic E-state index is 6.32. The van der Waals surface area contributed by atoms with E-state index in [1.807, 2.05) is 6.07 Å². The zero-order valence-electron chi connectivity index (χ0n) is 15.0. The molecule has 2 atom stereocenters. The summed E-state index contributed by atoms with van der Waals surface area (Å²) < 4.78 is 12.6. The van der Waals surface area contributed by atoms with E-state index in [-0.39, 0.29) is 5.41 Å². The molecule has 2 aromatic carbocycles. The minimum Gasteiger partial charge on any atom is -0.348 e. The van der Waals surface area contributed by atoms with E-state index < -0.39 is 5.79 Å². The third-order valence-corrected chi connectivity index (χ3v) is 5.28. The first-order valence-corrected chi connectivity index (χ1v) is 9.15. The predicted octanol–water partition coefficient (Wildman–Crippen LogP) is 5.27. The molecule has 2 aromatic rings. The molecule has 2 nitrogen and oxygen atoms in total. The molecule has 0 bridgehead atoms. The summed E-state index contributed by atoms with van der Waals surface area (Å²) in [7, 11) is 0. The van der Waals surface area contributed by atoms with Crippen LogP contribution in [0.3, 0.4) is 0 Å². The summed E-state index contributed by atoms with van der Waals surface area (Å²) >= 11 is 0. The number of ether oxygens (including phenoxy) is 2. The predicted molar refractivity (Wildman–Crippen MR) is 101 cm³/mol. The molecule has 1 aliphatic heterocycles. The molecule has 4 rings (SSSR count). The number of benzene rings is 2. The van der Waals surface area contributed by atoms with Crippen LogP contribution in [0.1, 0.15) is 37.3 Å². The minimum absolute atomic E-state index is 0.0967. The van der Waals surface area contributed by atoms with Gasteiger partial charge in [0.05, 0.1) is 13.2 Å². The van der Waals surface area contributed by atoms with E-state index in [4.69, 9.17) is 9.47 Å². The summed E-state index contributed by atoms with van der Waals surface area (Å²) in [6.07, 6.45) is 5.42. The molecule has 0 unspecified atom stereocenters. The van der Waals surface area contributed by atoms with Crippen LogP contribution in [0.2, 0.25) is 0 Å². The van der Waals surface area contributed by atoms with Gasteiger partial charge >= 0.3 is 0 Å². The van der Waals surface area contributed by atoms with E-state index in [0.717, 1.165) is 19.6 Å². The lowest BCUT2D eigenvalue weighted by molar-refractivity contribution is -0.252. The fourth-order valence-corrected chi connectivity index (χ4v) is 3.84. The van der Waals surface area contributed by atoms with Gasteiger partial charge in [0.2, 0.25) is 0 Å². The summed E-state index contributed by atoms with van der Waals surface area (Å²) in [5, 5.41) is 0. The van der Waals surface area contributed by atoms with Gasteiger partial charge in [-0.05, 0) is 17.5 Å². The van der Waals surface area contributed by atoms with E-state index in [1.165, 1.54) is 11.1 Å². The molecule has 1 aliphatic carbocycles. The highest BCUT2D eigenvalue weighted by molar-refractivity contribution is 5.49. The van der Waals surface area contributed by atoms with Crippen LogP contribution in [0.5, 0.6) is 0 Å². The van der Waals surface area contributed by atoms with Gasteiger partial charge in [0.15, 0.2) is 5.79 Å². The van der Waals surface area contributed by atoms with Crippen molar-refractivity contribution < 1.29 is 9.47 Å². The van der Waals surface area contributed by atoms with Crippen LogP contribution >= 0.6 is 0 Å². The summed E-state index contributed by atoms with van der Waals surface area (Å²) in [6, 6.07) is 21.1. The molecule has 0 aromatic heterocycles.